The zero-order valence-corrected chi connectivity index (χ0v) is 13.2. The molecule has 1 saturated carbocycles. The summed E-state index contributed by atoms with van der Waals surface area (Å²) in [5, 5.41) is 11.8. The SMILES string of the molecule is NCC1CCC(C(=O)Nc2cc(Br)cc(C(=O)O)c2)CC1. The Bertz CT molecular complexity index is 540. The lowest BCUT2D eigenvalue weighted by Gasteiger charge is -2.26. The van der Waals surface area contributed by atoms with Crippen LogP contribution >= 0.6 is 15.9 Å². The van der Waals surface area contributed by atoms with Crippen molar-refractivity contribution in [1.82, 2.24) is 0 Å². The second-order valence-electron chi connectivity index (χ2n) is 5.48. The molecular weight excluding hydrogens is 336 g/mol. The summed E-state index contributed by atoms with van der Waals surface area (Å²) < 4.78 is 0.629. The van der Waals surface area contributed by atoms with Crippen LogP contribution in [0, 0.1) is 11.8 Å². The van der Waals surface area contributed by atoms with Crippen molar-refractivity contribution in [1.29, 1.82) is 0 Å². The molecule has 0 unspecified atom stereocenters. The molecule has 1 aliphatic rings. The summed E-state index contributed by atoms with van der Waals surface area (Å²) in [4.78, 5) is 23.3. The third-order valence-corrected chi connectivity index (χ3v) is 4.42. The number of carboxylic acid groups (broad SMARTS) is 1. The van der Waals surface area contributed by atoms with E-state index in [1.54, 1.807) is 6.07 Å². The normalized spacial score (nSPS) is 21.8. The van der Waals surface area contributed by atoms with Gasteiger partial charge in [0.2, 0.25) is 5.91 Å². The van der Waals surface area contributed by atoms with E-state index >= 15 is 0 Å². The third-order valence-electron chi connectivity index (χ3n) is 3.96. The van der Waals surface area contributed by atoms with Crippen LogP contribution < -0.4 is 11.1 Å². The fraction of sp³-hybridized carbons (Fsp3) is 0.467. The van der Waals surface area contributed by atoms with Gasteiger partial charge in [-0.05, 0) is 56.3 Å². The van der Waals surface area contributed by atoms with Crippen LogP contribution in [0.25, 0.3) is 0 Å². The first-order valence-corrected chi connectivity index (χ1v) is 7.83. The Hall–Kier alpha value is -1.40. The van der Waals surface area contributed by atoms with E-state index in [4.69, 9.17) is 10.8 Å². The number of carboxylic acids is 1. The first-order valence-electron chi connectivity index (χ1n) is 7.04. The van der Waals surface area contributed by atoms with Crippen LogP contribution in [-0.4, -0.2) is 23.5 Å². The van der Waals surface area contributed by atoms with E-state index in [1.165, 1.54) is 12.1 Å². The number of carbonyl (C=O) groups excluding carboxylic acids is 1. The standard InChI is InChI=1S/C15H19BrN2O3/c16-12-5-11(15(20)21)6-13(7-12)18-14(19)10-3-1-9(8-17)2-4-10/h5-7,9-10H,1-4,8,17H2,(H,18,19)(H,20,21). The van der Waals surface area contributed by atoms with Gasteiger partial charge >= 0.3 is 5.97 Å². The lowest BCUT2D eigenvalue weighted by molar-refractivity contribution is -0.121. The minimum Gasteiger partial charge on any atom is -0.478 e. The summed E-state index contributed by atoms with van der Waals surface area (Å²) in [5.41, 5.74) is 6.30. The Morgan fingerprint density at radius 3 is 2.48 bits per heavy atom. The van der Waals surface area contributed by atoms with E-state index in [0.717, 1.165) is 25.7 Å². The Morgan fingerprint density at radius 2 is 1.90 bits per heavy atom. The number of hydrogen-bond acceptors (Lipinski definition) is 3. The van der Waals surface area contributed by atoms with Crippen LogP contribution in [0.4, 0.5) is 5.69 Å². The number of nitrogens with one attached hydrogen (secondary N) is 1. The fourth-order valence-electron chi connectivity index (χ4n) is 2.69. The van der Waals surface area contributed by atoms with E-state index in [2.05, 4.69) is 21.2 Å². The quantitative estimate of drug-likeness (QED) is 0.774. The number of amides is 1. The summed E-state index contributed by atoms with van der Waals surface area (Å²) in [6.45, 7) is 0.682. The molecule has 6 heteroatoms. The third kappa shape index (κ3) is 4.28. The predicted octanol–water partition coefficient (Wildman–Crippen LogP) is 2.85. The van der Waals surface area contributed by atoms with Gasteiger partial charge in [-0.1, -0.05) is 15.9 Å². The first-order chi connectivity index (χ1) is 9.99. The molecule has 0 aliphatic heterocycles. The fourth-order valence-corrected chi connectivity index (χ4v) is 3.18. The Labute approximate surface area is 132 Å². The van der Waals surface area contributed by atoms with E-state index in [-0.39, 0.29) is 17.4 Å². The van der Waals surface area contributed by atoms with Gasteiger partial charge in [-0.3, -0.25) is 4.79 Å². The van der Waals surface area contributed by atoms with Gasteiger partial charge < -0.3 is 16.2 Å². The van der Waals surface area contributed by atoms with Crippen LogP contribution in [0.15, 0.2) is 22.7 Å². The maximum atomic E-state index is 12.2. The van der Waals surface area contributed by atoms with Crippen molar-refractivity contribution in [2.24, 2.45) is 17.6 Å². The Balaban J connectivity index is 2.01. The summed E-state index contributed by atoms with van der Waals surface area (Å²) in [6, 6.07) is 4.68. The zero-order valence-electron chi connectivity index (χ0n) is 11.6. The summed E-state index contributed by atoms with van der Waals surface area (Å²) >= 11 is 3.26. The zero-order chi connectivity index (χ0) is 15.4. The van der Waals surface area contributed by atoms with Gasteiger partial charge in [0.15, 0.2) is 0 Å². The van der Waals surface area contributed by atoms with Crippen molar-refractivity contribution in [2.45, 2.75) is 25.7 Å². The van der Waals surface area contributed by atoms with E-state index in [1.807, 2.05) is 0 Å². The van der Waals surface area contributed by atoms with Crippen molar-refractivity contribution in [3.8, 4) is 0 Å². The first kappa shape index (κ1) is 16.0. The molecule has 4 N–H and O–H groups in total. The minimum atomic E-state index is -1.02. The van der Waals surface area contributed by atoms with Gasteiger partial charge in [0, 0.05) is 16.1 Å². The lowest BCUT2D eigenvalue weighted by Crippen LogP contribution is -2.29. The number of benzene rings is 1. The molecule has 1 aliphatic carbocycles. The average Bonchev–Trinajstić information content (AvgIpc) is 2.46. The topological polar surface area (TPSA) is 92.4 Å². The molecule has 0 bridgehead atoms. The molecule has 1 aromatic rings. The molecule has 0 heterocycles. The highest BCUT2D eigenvalue weighted by atomic mass is 79.9. The lowest BCUT2D eigenvalue weighted by atomic mass is 9.81. The van der Waals surface area contributed by atoms with Crippen molar-refractivity contribution in [2.75, 3.05) is 11.9 Å². The molecule has 21 heavy (non-hydrogen) atoms. The number of anilines is 1. The van der Waals surface area contributed by atoms with Gasteiger partial charge in [0.1, 0.15) is 0 Å². The highest BCUT2D eigenvalue weighted by molar-refractivity contribution is 9.10. The largest absolute Gasteiger partial charge is 0.478 e. The smallest absolute Gasteiger partial charge is 0.335 e. The van der Waals surface area contributed by atoms with Crippen molar-refractivity contribution in [3.63, 3.8) is 0 Å². The van der Waals surface area contributed by atoms with Crippen molar-refractivity contribution >= 4 is 33.5 Å². The van der Waals surface area contributed by atoms with Gasteiger partial charge in [0.05, 0.1) is 5.56 Å². The number of nitrogens with two attached hydrogens (primary N) is 1. The van der Waals surface area contributed by atoms with Crippen molar-refractivity contribution < 1.29 is 14.7 Å². The molecule has 1 amide bonds. The molecule has 5 nitrogen and oxygen atoms in total. The van der Waals surface area contributed by atoms with Crippen LogP contribution in [0.5, 0.6) is 0 Å². The highest BCUT2D eigenvalue weighted by Gasteiger charge is 2.25. The second kappa shape index (κ2) is 7.04. The summed E-state index contributed by atoms with van der Waals surface area (Å²) in [5.74, 6) is -0.547. The molecule has 0 atom stereocenters. The summed E-state index contributed by atoms with van der Waals surface area (Å²) in [7, 11) is 0. The predicted molar refractivity (Wildman–Crippen MR) is 84.2 cm³/mol. The van der Waals surface area contributed by atoms with E-state index < -0.39 is 5.97 Å². The van der Waals surface area contributed by atoms with Crippen LogP contribution in [0.3, 0.4) is 0 Å². The van der Waals surface area contributed by atoms with Crippen molar-refractivity contribution in [3.05, 3.63) is 28.2 Å². The van der Waals surface area contributed by atoms with Gasteiger partial charge in [-0.2, -0.15) is 0 Å². The highest BCUT2D eigenvalue weighted by Crippen LogP contribution is 2.29. The number of rotatable bonds is 4. The minimum absolute atomic E-state index is 0.0138. The number of halogens is 1. The number of aromatic carboxylic acids is 1. The molecular formula is C15H19BrN2O3. The number of carbonyl (C=O) groups is 2. The molecule has 0 aromatic heterocycles. The van der Waals surface area contributed by atoms with Crippen LogP contribution in [-0.2, 0) is 4.79 Å². The van der Waals surface area contributed by atoms with Crippen LogP contribution in [0.1, 0.15) is 36.0 Å². The summed E-state index contributed by atoms with van der Waals surface area (Å²) in [6.07, 6.45) is 3.64. The molecule has 0 saturated heterocycles. The number of hydrogen-bond donors (Lipinski definition) is 3. The van der Waals surface area contributed by atoms with E-state index in [0.29, 0.717) is 22.6 Å². The van der Waals surface area contributed by atoms with E-state index in [9.17, 15) is 9.59 Å². The van der Waals surface area contributed by atoms with Gasteiger partial charge in [0.25, 0.3) is 0 Å². The monoisotopic (exact) mass is 354 g/mol. The Kier molecular flexibility index (Phi) is 5.36. The second-order valence-corrected chi connectivity index (χ2v) is 6.39. The maximum absolute atomic E-state index is 12.2. The molecule has 0 radical (unpaired) electrons. The maximum Gasteiger partial charge on any atom is 0.335 e. The average molecular weight is 355 g/mol. The van der Waals surface area contributed by atoms with Gasteiger partial charge in [-0.15, -0.1) is 0 Å². The molecule has 1 aromatic carbocycles. The molecule has 1 fully saturated rings. The van der Waals surface area contributed by atoms with Crippen LogP contribution in [0.2, 0.25) is 0 Å². The van der Waals surface area contributed by atoms with Gasteiger partial charge in [-0.25, -0.2) is 4.79 Å². The molecule has 114 valence electrons. The molecule has 2 rings (SSSR count). The Morgan fingerprint density at radius 1 is 1.24 bits per heavy atom. The molecule has 0 spiro atoms.